The molecule has 2 N–H and O–H groups in total. The number of nitrogens with one attached hydrogen (secondary N) is 1. The van der Waals surface area contributed by atoms with Crippen molar-refractivity contribution in [3.63, 3.8) is 0 Å². The standard InChI is InChI=1S/C26H27N3O/c1-17-8-9-19-12-15-21(25(30)24(19)28-17)23(29-22-7-5-6-16-27-22)18-10-13-20(14-11-18)26(2,3)4/h5-16,23,30H,1-4H3,(H,27,29). The van der Waals surface area contributed by atoms with Crippen molar-refractivity contribution in [1.29, 1.82) is 0 Å². The predicted octanol–water partition coefficient (Wildman–Crippen LogP) is 6.14. The minimum Gasteiger partial charge on any atom is -0.505 e. The van der Waals surface area contributed by atoms with Crippen LogP contribution in [0.2, 0.25) is 0 Å². The maximum atomic E-state index is 11.1. The molecule has 152 valence electrons. The number of hydrogen-bond donors (Lipinski definition) is 2. The molecule has 0 spiro atoms. The second-order valence-electron chi connectivity index (χ2n) is 8.69. The number of pyridine rings is 2. The van der Waals surface area contributed by atoms with E-state index in [0.29, 0.717) is 5.52 Å². The summed E-state index contributed by atoms with van der Waals surface area (Å²) in [6.07, 6.45) is 1.76. The zero-order valence-corrected chi connectivity index (χ0v) is 17.8. The molecule has 0 bridgehead atoms. The molecule has 1 unspecified atom stereocenters. The Hall–Kier alpha value is -3.40. The summed E-state index contributed by atoms with van der Waals surface area (Å²) >= 11 is 0. The number of nitrogens with zero attached hydrogens (tertiary/aromatic N) is 2. The highest BCUT2D eigenvalue weighted by atomic mass is 16.3. The lowest BCUT2D eigenvalue weighted by molar-refractivity contribution is 0.471. The van der Waals surface area contributed by atoms with Crippen LogP contribution in [0.4, 0.5) is 5.82 Å². The maximum absolute atomic E-state index is 11.1. The van der Waals surface area contributed by atoms with Gasteiger partial charge in [0.15, 0.2) is 0 Å². The van der Waals surface area contributed by atoms with Gasteiger partial charge in [0.1, 0.15) is 17.1 Å². The van der Waals surface area contributed by atoms with Crippen LogP contribution < -0.4 is 5.32 Å². The molecule has 2 heterocycles. The largest absolute Gasteiger partial charge is 0.505 e. The first-order valence-electron chi connectivity index (χ1n) is 10.2. The monoisotopic (exact) mass is 397 g/mol. The van der Waals surface area contributed by atoms with Crippen molar-refractivity contribution in [3.05, 3.63) is 95.3 Å². The van der Waals surface area contributed by atoms with E-state index in [2.05, 4.69) is 60.3 Å². The number of rotatable bonds is 4. The summed E-state index contributed by atoms with van der Waals surface area (Å²) in [6, 6.07) is 22.0. The van der Waals surface area contributed by atoms with E-state index in [-0.39, 0.29) is 17.2 Å². The van der Waals surface area contributed by atoms with Crippen molar-refractivity contribution in [2.45, 2.75) is 39.2 Å². The molecule has 4 rings (SSSR count). The fourth-order valence-electron chi connectivity index (χ4n) is 3.63. The van der Waals surface area contributed by atoms with Crippen LogP contribution in [-0.4, -0.2) is 15.1 Å². The number of benzene rings is 2. The highest BCUT2D eigenvalue weighted by Crippen LogP contribution is 2.37. The number of hydrogen-bond acceptors (Lipinski definition) is 4. The highest BCUT2D eigenvalue weighted by Gasteiger charge is 2.21. The van der Waals surface area contributed by atoms with E-state index in [4.69, 9.17) is 0 Å². The van der Waals surface area contributed by atoms with E-state index >= 15 is 0 Å². The van der Waals surface area contributed by atoms with E-state index in [0.717, 1.165) is 28.0 Å². The summed E-state index contributed by atoms with van der Waals surface area (Å²) in [6.45, 7) is 8.54. The second-order valence-corrected chi connectivity index (χ2v) is 8.69. The Morgan fingerprint density at radius 1 is 0.900 bits per heavy atom. The van der Waals surface area contributed by atoms with E-state index in [1.54, 1.807) is 6.20 Å². The predicted molar refractivity (Wildman–Crippen MR) is 123 cm³/mol. The molecule has 0 aliphatic carbocycles. The fraction of sp³-hybridized carbons (Fsp3) is 0.231. The van der Waals surface area contributed by atoms with Gasteiger partial charge in [-0.3, -0.25) is 0 Å². The Bertz CT molecular complexity index is 1160. The van der Waals surface area contributed by atoms with Gasteiger partial charge in [-0.2, -0.15) is 0 Å². The normalized spacial score (nSPS) is 12.7. The van der Waals surface area contributed by atoms with Crippen LogP contribution in [0.25, 0.3) is 10.9 Å². The van der Waals surface area contributed by atoms with Crippen molar-refractivity contribution in [2.24, 2.45) is 0 Å². The Balaban J connectivity index is 1.83. The average Bonchev–Trinajstić information content (AvgIpc) is 2.73. The van der Waals surface area contributed by atoms with Crippen molar-refractivity contribution in [1.82, 2.24) is 9.97 Å². The van der Waals surface area contributed by atoms with Crippen LogP contribution in [0.15, 0.2) is 72.9 Å². The quantitative estimate of drug-likeness (QED) is 0.434. The molecule has 2 aromatic carbocycles. The van der Waals surface area contributed by atoms with Crippen LogP contribution in [-0.2, 0) is 5.41 Å². The van der Waals surface area contributed by atoms with Gasteiger partial charge in [-0.1, -0.05) is 69.3 Å². The summed E-state index contributed by atoms with van der Waals surface area (Å²) < 4.78 is 0. The molecule has 0 aliphatic heterocycles. The first-order valence-corrected chi connectivity index (χ1v) is 10.2. The first kappa shape index (κ1) is 19.9. The van der Waals surface area contributed by atoms with Crippen LogP contribution in [0.3, 0.4) is 0 Å². The van der Waals surface area contributed by atoms with Gasteiger partial charge in [-0.15, -0.1) is 0 Å². The van der Waals surface area contributed by atoms with E-state index in [1.165, 1.54) is 5.56 Å². The van der Waals surface area contributed by atoms with Gasteiger partial charge in [0.25, 0.3) is 0 Å². The van der Waals surface area contributed by atoms with Crippen molar-refractivity contribution in [2.75, 3.05) is 5.32 Å². The Morgan fingerprint density at radius 3 is 2.30 bits per heavy atom. The van der Waals surface area contributed by atoms with Gasteiger partial charge in [0.2, 0.25) is 0 Å². The number of anilines is 1. The summed E-state index contributed by atoms with van der Waals surface area (Å²) in [5.74, 6) is 0.948. The zero-order valence-electron chi connectivity index (χ0n) is 17.8. The molecule has 0 aliphatic rings. The van der Waals surface area contributed by atoms with Crippen LogP contribution >= 0.6 is 0 Å². The van der Waals surface area contributed by atoms with Crippen LogP contribution in [0, 0.1) is 6.92 Å². The molecule has 2 aromatic heterocycles. The van der Waals surface area contributed by atoms with Crippen LogP contribution in [0.5, 0.6) is 5.75 Å². The van der Waals surface area contributed by atoms with Gasteiger partial charge < -0.3 is 10.4 Å². The first-order chi connectivity index (χ1) is 14.3. The topological polar surface area (TPSA) is 58.0 Å². The lowest BCUT2D eigenvalue weighted by Crippen LogP contribution is -2.15. The molecular formula is C26H27N3O. The van der Waals surface area contributed by atoms with Crippen LogP contribution in [0.1, 0.15) is 49.2 Å². The van der Waals surface area contributed by atoms with Gasteiger partial charge >= 0.3 is 0 Å². The van der Waals surface area contributed by atoms with E-state index < -0.39 is 0 Å². The van der Waals surface area contributed by atoms with Crippen molar-refractivity contribution < 1.29 is 5.11 Å². The molecule has 0 saturated carbocycles. The molecule has 4 aromatic rings. The third kappa shape index (κ3) is 3.99. The molecule has 1 atom stereocenters. The zero-order chi connectivity index (χ0) is 21.3. The number of fused-ring (bicyclic) bond motifs is 1. The molecule has 4 nitrogen and oxygen atoms in total. The third-order valence-electron chi connectivity index (χ3n) is 5.38. The number of phenolic OH excluding ortho intramolecular Hbond substituents is 1. The van der Waals surface area contributed by atoms with Crippen molar-refractivity contribution >= 4 is 16.7 Å². The summed E-state index contributed by atoms with van der Waals surface area (Å²) in [5, 5.41) is 15.6. The average molecular weight is 398 g/mol. The second kappa shape index (κ2) is 7.79. The summed E-state index contributed by atoms with van der Waals surface area (Å²) in [5.41, 5.74) is 4.66. The minimum absolute atomic E-state index is 0.0783. The summed E-state index contributed by atoms with van der Waals surface area (Å²) in [7, 11) is 0. The lowest BCUT2D eigenvalue weighted by Gasteiger charge is -2.24. The molecule has 0 saturated heterocycles. The van der Waals surface area contributed by atoms with Gasteiger partial charge in [-0.25, -0.2) is 9.97 Å². The van der Waals surface area contributed by atoms with Gasteiger partial charge in [0.05, 0.1) is 6.04 Å². The van der Waals surface area contributed by atoms with Gasteiger partial charge in [-0.05, 0) is 41.7 Å². The highest BCUT2D eigenvalue weighted by molar-refractivity contribution is 5.86. The molecule has 30 heavy (non-hydrogen) atoms. The van der Waals surface area contributed by atoms with Crippen molar-refractivity contribution in [3.8, 4) is 5.75 Å². The number of aromatic hydroxyl groups is 1. The summed E-state index contributed by atoms with van der Waals surface area (Å²) in [4.78, 5) is 9.00. The lowest BCUT2D eigenvalue weighted by atomic mass is 9.85. The number of aromatic nitrogens is 2. The molecule has 0 amide bonds. The number of aryl methyl sites for hydroxylation is 1. The molecular weight excluding hydrogens is 370 g/mol. The Kier molecular flexibility index (Phi) is 5.17. The maximum Gasteiger partial charge on any atom is 0.147 e. The molecule has 0 fully saturated rings. The van der Waals surface area contributed by atoms with Gasteiger partial charge in [0, 0.05) is 22.8 Å². The van der Waals surface area contributed by atoms with E-state index in [1.807, 2.05) is 49.4 Å². The Labute approximate surface area is 177 Å². The molecule has 0 radical (unpaired) electrons. The Morgan fingerprint density at radius 2 is 1.63 bits per heavy atom. The SMILES string of the molecule is Cc1ccc2ccc(C(Nc3ccccn3)c3ccc(C(C)(C)C)cc3)c(O)c2n1. The van der Waals surface area contributed by atoms with E-state index in [9.17, 15) is 5.11 Å². The third-order valence-corrected chi connectivity index (χ3v) is 5.38. The fourth-order valence-corrected chi connectivity index (χ4v) is 3.63. The molecule has 4 heteroatoms. The number of phenols is 1. The minimum atomic E-state index is -0.263. The smallest absolute Gasteiger partial charge is 0.147 e.